The number of hydrogen-bond donors (Lipinski definition) is 15. The molecule has 0 aliphatic rings. The van der Waals surface area contributed by atoms with Crippen LogP contribution >= 0.6 is 0 Å². The van der Waals surface area contributed by atoms with E-state index in [-0.39, 0.29) is 182 Å². The van der Waals surface area contributed by atoms with Gasteiger partial charge in [-0.15, -0.1) is 0 Å². The molecule has 0 rings (SSSR count). The minimum absolute atomic E-state index is 0.000820. The van der Waals surface area contributed by atoms with Crippen molar-refractivity contribution in [3.8, 4) is 0 Å². The summed E-state index contributed by atoms with van der Waals surface area (Å²) in [6.07, 6.45) is 8.75. The van der Waals surface area contributed by atoms with Crippen molar-refractivity contribution in [2.24, 2.45) is 5.41 Å². The number of carbonyl (C=O) groups excluding carboxylic acids is 10. The minimum Gasteiger partial charge on any atom is -0.481 e. The van der Waals surface area contributed by atoms with Gasteiger partial charge in [0.15, 0.2) is 5.78 Å². The molecular weight excluding hydrogens is 1460 g/mol. The molecule has 9 amide bonds. The second kappa shape index (κ2) is 65.1. The predicted molar refractivity (Wildman–Crippen MR) is 389 cm³/mol. The number of hydrogen-bond acceptors (Lipinski definition) is 24. The Labute approximate surface area is 640 Å². The van der Waals surface area contributed by atoms with Crippen LogP contribution in [-0.4, -0.2) is 288 Å². The topological polar surface area (TPSA) is 577 Å². The average Bonchev–Trinajstić information content (AvgIpc) is 0.916. The van der Waals surface area contributed by atoms with Crippen LogP contribution in [0.3, 0.4) is 0 Å². The van der Waals surface area contributed by atoms with Crippen molar-refractivity contribution >= 4 is 94.8 Å². The third-order valence-electron chi connectivity index (χ3n) is 16.0. The molecule has 0 aliphatic carbocycles. The summed E-state index contributed by atoms with van der Waals surface area (Å²) in [7, 11) is 0. The number of nitrogens with one attached hydrogen (secondary N) is 9. The van der Waals surface area contributed by atoms with Crippen LogP contribution in [0.2, 0.25) is 0 Å². The third-order valence-corrected chi connectivity index (χ3v) is 16.0. The van der Waals surface area contributed by atoms with Gasteiger partial charge in [-0.1, -0.05) is 97.8 Å². The van der Waals surface area contributed by atoms with E-state index >= 15 is 0 Å². The summed E-state index contributed by atoms with van der Waals surface area (Å²) in [6.45, 7) is 7.46. The van der Waals surface area contributed by atoms with E-state index in [1.54, 1.807) is 0 Å². The zero-order valence-corrected chi connectivity index (χ0v) is 63.9. The molecule has 39 heteroatoms. The number of Topliss-reactive ketones (excluding diaryl/α,β-unsaturated/α-hetero) is 1. The third kappa shape index (κ3) is 61.2. The molecule has 0 radical (unpaired) electrons. The lowest BCUT2D eigenvalue weighted by Crippen LogP contribution is -2.46. The zero-order chi connectivity index (χ0) is 82.2. The van der Waals surface area contributed by atoms with E-state index in [2.05, 4.69) is 47.9 Å². The molecule has 0 saturated carbocycles. The highest BCUT2D eigenvalue weighted by molar-refractivity contribution is 5.89. The van der Waals surface area contributed by atoms with Crippen LogP contribution in [0.25, 0.3) is 0 Å². The Hall–Kier alpha value is -8.60. The first-order valence-electron chi connectivity index (χ1n) is 37.5. The van der Waals surface area contributed by atoms with E-state index in [0.29, 0.717) is 12.8 Å². The van der Waals surface area contributed by atoms with Gasteiger partial charge in [-0.3, -0.25) is 52.7 Å². The molecule has 39 nitrogen and oxygen atoms in total. The summed E-state index contributed by atoms with van der Waals surface area (Å²) >= 11 is 0. The summed E-state index contributed by atoms with van der Waals surface area (Å²) in [5.74, 6) is -14.6. The Morgan fingerprint density at radius 3 is 0.700 bits per heavy atom. The smallest absolute Gasteiger partial charge is 0.326 e. The van der Waals surface area contributed by atoms with E-state index in [4.69, 9.17) is 43.0 Å². The fourth-order valence-corrected chi connectivity index (χ4v) is 9.73. The maximum Gasteiger partial charge on any atom is 0.326 e. The van der Waals surface area contributed by atoms with Crippen LogP contribution < -0.4 is 47.9 Å². The monoisotopic (exact) mass is 1580 g/mol. The summed E-state index contributed by atoms with van der Waals surface area (Å²) in [5, 5.41) is 78.6. The van der Waals surface area contributed by atoms with E-state index < -0.39 is 158 Å². The number of carbonyl (C=O) groups is 16. The Kier molecular flexibility index (Phi) is 60.1. The first-order valence-corrected chi connectivity index (χ1v) is 37.5. The lowest BCUT2D eigenvalue weighted by atomic mass is 9.91. The molecule has 0 saturated heterocycles. The van der Waals surface area contributed by atoms with Gasteiger partial charge in [0.25, 0.3) is 0 Å². The first-order chi connectivity index (χ1) is 52.4. The van der Waals surface area contributed by atoms with E-state index in [1.165, 1.54) is 0 Å². The predicted octanol–water partition coefficient (Wildman–Crippen LogP) is 0.273. The SMILES string of the molecule is CC(C)(C)C(=O)COCCOCCNC(=O)COCCOCCNC(=O)COCCOCCNC(=O)COCCOCCNC(=O)CC[C@H](NC(=O)CC[C@H](NC(=O)CC[C@H](NC(=O)CC[C@H](NC(=O)CC[C@H](NC(=O)CCCCCCCCCCCCCCCCC(=O)O)C(=O)O)C(=O)O)C(=O)O)C(=O)O)C(=O)O. The highest BCUT2D eigenvalue weighted by Gasteiger charge is 2.29. The van der Waals surface area contributed by atoms with Crippen molar-refractivity contribution < 1.29 is 145 Å². The molecule has 0 aromatic carbocycles. The highest BCUT2D eigenvalue weighted by atomic mass is 16.5. The second-order valence-corrected chi connectivity index (χ2v) is 26.6. The highest BCUT2D eigenvalue weighted by Crippen LogP contribution is 2.16. The number of carboxylic acid groups (broad SMARTS) is 6. The second-order valence-electron chi connectivity index (χ2n) is 26.6. The summed E-state index contributed by atoms with van der Waals surface area (Å²) < 4.78 is 42.5. The Balaban J connectivity index is 4.31. The van der Waals surface area contributed by atoms with Gasteiger partial charge in [0.2, 0.25) is 53.2 Å². The van der Waals surface area contributed by atoms with Gasteiger partial charge >= 0.3 is 35.8 Å². The van der Waals surface area contributed by atoms with Crippen LogP contribution in [0.1, 0.15) is 188 Å². The Bertz CT molecular complexity index is 2760. The molecule has 0 bridgehead atoms. The van der Waals surface area contributed by atoms with Gasteiger partial charge in [-0.2, -0.15) is 0 Å². The molecule has 0 aromatic rings. The summed E-state index contributed by atoms with van der Waals surface area (Å²) in [4.78, 5) is 194. The fraction of sp³-hybridized carbons (Fsp3) is 0.775. The lowest BCUT2D eigenvalue weighted by Gasteiger charge is -2.19. The molecule has 0 fully saturated rings. The van der Waals surface area contributed by atoms with Gasteiger partial charge in [0.05, 0.1) is 79.3 Å². The first kappa shape index (κ1) is 101. The lowest BCUT2D eigenvalue weighted by molar-refractivity contribution is -0.144. The fourth-order valence-electron chi connectivity index (χ4n) is 9.73. The van der Waals surface area contributed by atoms with Crippen LogP contribution in [0.15, 0.2) is 0 Å². The van der Waals surface area contributed by atoms with E-state index in [9.17, 15) is 102 Å². The zero-order valence-electron chi connectivity index (χ0n) is 63.9. The van der Waals surface area contributed by atoms with Crippen molar-refractivity contribution in [3.63, 3.8) is 0 Å². The van der Waals surface area contributed by atoms with Gasteiger partial charge in [-0.25, -0.2) is 24.0 Å². The van der Waals surface area contributed by atoms with Gasteiger partial charge in [0.1, 0.15) is 56.6 Å². The van der Waals surface area contributed by atoms with Crippen LogP contribution in [0.5, 0.6) is 0 Å². The number of ether oxygens (including phenoxy) is 8. The number of rotatable bonds is 74. The molecule has 0 spiro atoms. The molecule has 0 aromatic heterocycles. The number of amides is 9. The number of aliphatic carboxylic acids is 6. The Morgan fingerprint density at radius 1 is 0.245 bits per heavy atom. The van der Waals surface area contributed by atoms with Crippen molar-refractivity contribution in [3.05, 3.63) is 0 Å². The molecule has 15 N–H and O–H groups in total. The summed E-state index contributed by atoms with van der Waals surface area (Å²) in [5.41, 5.74) is -0.462. The molecule has 0 unspecified atom stereocenters. The number of carboxylic acids is 6. The quantitative estimate of drug-likeness (QED) is 0.0364. The van der Waals surface area contributed by atoms with Crippen molar-refractivity contribution in [1.82, 2.24) is 47.9 Å². The van der Waals surface area contributed by atoms with Gasteiger partial charge < -0.3 is 116 Å². The molecule has 0 heterocycles. The van der Waals surface area contributed by atoms with Gasteiger partial charge in [-0.05, 0) is 44.9 Å². The largest absolute Gasteiger partial charge is 0.481 e. The molecule has 0 aliphatic heterocycles. The molecule has 110 heavy (non-hydrogen) atoms. The van der Waals surface area contributed by atoms with Crippen LogP contribution in [-0.2, 0) is 115 Å². The van der Waals surface area contributed by atoms with Crippen LogP contribution in [0, 0.1) is 5.41 Å². The average molecular weight is 1580 g/mol. The van der Waals surface area contributed by atoms with Gasteiger partial charge in [0, 0.05) is 76.5 Å². The summed E-state index contributed by atoms with van der Waals surface area (Å²) in [6, 6.07) is -8.18. The maximum absolute atomic E-state index is 12.8. The van der Waals surface area contributed by atoms with E-state index in [0.717, 1.165) is 77.0 Å². The van der Waals surface area contributed by atoms with Crippen molar-refractivity contribution in [2.75, 3.05) is 132 Å². The minimum atomic E-state index is -1.74. The van der Waals surface area contributed by atoms with Crippen LogP contribution in [0.4, 0.5) is 0 Å². The number of ketones is 1. The Morgan fingerprint density at radius 2 is 0.455 bits per heavy atom. The standard InChI is InChI=1S/C71H121N9O30/c1-71(2,3)55(81)46-107-42-38-104-35-31-73-62(88)48-109-44-40-106-37-33-75-64(90)49-110-45-41-105-36-32-74-63(89)47-108-43-39-103-34-30-72-56(82)25-20-50(66(93)94)77-58(84)27-22-52(68(97)98)79-60(86)29-24-54(70(101)102)80-61(87)28-23-53(69(99)100)78-59(85)26-21-51(67(95)96)76-57(83)18-16-14-12-10-8-6-4-5-7-9-11-13-15-17-19-65(91)92/h50-54H,4-49H2,1-3H3,(H,72,82)(H,73,88)(H,74,89)(H,75,90)(H,76,83)(H,77,84)(H,78,85)(H,79,86)(H,80,87)(H,91,92)(H,93,94)(H,95,96)(H,97,98)(H,99,100)(H,101,102)/t50-,51-,52-,53-,54-/m0/s1. The van der Waals surface area contributed by atoms with E-state index in [1.807, 2.05) is 20.8 Å². The maximum atomic E-state index is 12.8. The van der Waals surface area contributed by atoms with Crippen molar-refractivity contribution in [2.45, 2.75) is 218 Å². The molecular formula is C71H121N9O30. The normalized spacial score (nSPS) is 12.5. The molecule has 630 valence electrons. The van der Waals surface area contributed by atoms with Crippen molar-refractivity contribution in [1.29, 1.82) is 0 Å². The molecule has 5 atom stereocenters. The number of unbranched alkanes of at least 4 members (excludes halogenated alkanes) is 13.